The van der Waals surface area contributed by atoms with Crippen molar-refractivity contribution in [1.82, 2.24) is 0 Å². The first-order valence-corrected chi connectivity index (χ1v) is 9.15. The number of rotatable bonds is 13. The van der Waals surface area contributed by atoms with Crippen LogP contribution in [0.4, 0.5) is 8.78 Å². The molecule has 0 radical (unpaired) electrons. The average Bonchev–Trinajstić information content (AvgIpc) is 2.57. The maximum absolute atomic E-state index is 13.4. The third kappa shape index (κ3) is 8.99. The van der Waals surface area contributed by atoms with Gasteiger partial charge in [0.1, 0.15) is 0 Å². The fraction of sp³-hybridized carbons (Fsp3) is 0.650. The van der Waals surface area contributed by atoms with Gasteiger partial charge in [0, 0.05) is 6.42 Å². The summed E-state index contributed by atoms with van der Waals surface area (Å²) in [6.07, 6.45) is 8.67. The molecule has 1 rings (SSSR count). The molecule has 0 N–H and O–H groups in total. The molecule has 0 spiro atoms. The number of benzene rings is 1. The van der Waals surface area contributed by atoms with Crippen molar-refractivity contribution in [1.29, 1.82) is 0 Å². The molecule has 0 fully saturated rings. The van der Waals surface area contributed by atoms with Gasteiger partial charge in [-0.25, -0.2) is 4.79 Å². The summed E-state index contributed by atoms with van der Waals surface area (Å²) in [5, 5.41) is 0. The van der Waals surface area contributed by atoms with Gasteiger partial charge in [0.2, 0.25) is 0 Å². The number of hydrogen-bond donors (Lipinski definition) is 0. The Morgan fingerprint density at radius 1 is 0.917 bits per heavy atom. The van der Waals surface area contributed by atoms with E-state index in [4.69, 9.17) is 0 Å². The molecule has 1 aromatic rings. The van der Waals surface area contributed by atoms with Crippen LogP contribution in [0.15, 0.2) is 30.3 Å². The summed E-state index contributed by atoms with van der Waals surface area (Å²) in [6, 6.07) is 10.5. The molecule has 2 nitrogen and oxygen atoms in total. The Kier molecular flexibility index (Phi) is 10.3. The first-order chi connectivity index (χ1) is 11.6. The fourth-order valence-corrected chi connectivity index (χ4v) is 2.72. The average molecular weight is 340 g/mol. The lowest BCUT2D eigenvalue weighted by Gasteiger charge is -2.14. The number of unbranched alkanes of at least 4 members (excludes halogenated alkanes) is 7. The second-order valence-corrected chi connectivity index (χ2v) is 6.24. The highest BCUT2D eigenvalue weighted by molar-refractivity contribution is 5.77. The lowest BCUT2D eigenvalue weighted by molar-refractivity contribution is -0.172. The first kappa shape index (κ1) is 20.6. The van der Waals surface area contributed by atoms with Crippen LogP contribution in [-0.2, 0) is 16.0 Å². The highest BCUT2D eigenvalue weighted by Gasteiger charge is 2.39. The zero-order valence-corrected chi connectivity index (χ0v) is 14.7. The van der Waals surface area contributed by atoms with E-state index in [9.17, 15) is 13.6 Å². The normalized spacial score (nSPS) is 11.5. The summed E-state index contributed by atoms with van der Waals surface area (Å²) in [4.78, 5) is 11.1. The number of halogens is 2. The number of hydrogen-bond acceptors (Lipinski definition) is 2. The second-order valence-electron chi connectivity index (χ2n) is 6.24. The van der Waals surface area contributed by atoms with E-state index < -0.39 is 18.3 Å². The van der Waals surface area contributed by atoms with Crippen molar-refractivity contribution in [3.63, 3.8) is 0 Å². The number of ether oxygens (including phenoxy) is 1. The van der Waals surface area contributed by atoms with E-state index in [1.165, 1.54) is 31.7 Å². The van der Waals surface area contributed by atoms with Crippen LogP contribution in [0.5, 0.6) is 0 Å². The molecule has 0 aliphatic carbocycles. The molecule has 0 atom stereocenters. The van der Waals surface area contributed by atoms with Gasteiger partial charge in [0.15, 0.2) is 0 Å². The highest BCUT2D eigenvalue weighted by atomic mass is 19.3. The largest absolute Gasteiger partial charge is 0.462 e. The second kappa shape index (κ2) is 12.0. The van der Waals surface area contributed by atoms with Crippen molar-refractivity contribution in [2.45, 2.75) is 77.1 Å². The molecule has 0 saturated carbocycles. The smallest absolute Gasteiger partial charge is 0.376 e. The molecular weight excluding hydrogens is 310 g/mol. The van der Waals surface area contributed by atoms with Gasteiger partial charge in [-0.3, -0.25) is 0 Å². The zero-order valence-electron chi connectivity index (χ0n) is 14.7. The lowest BCUT2D eigenvalue weighted by Crippen LogP contribution is -2.30. The maximum atomic E-state index is 13.4. The van der Waals surface area contributed by atoms with Crippen LogP contribution < -0.4 is 0 Å². The standard InChI is InChI=1S/C20H30F2O2/c1-2-24-19(23)20(21,22)17-13-8-6-4-3-5-7-10-14-18-15-11-9-12-16-18/h9,11-12,15-16H,2-8,10,13-14,17H2,1H3. The molecule has 0 heterocycles. The monoisotopic (exact) mass is 340 g/mol. The van der Waals surface area contributed by atoms with Gasteiger partial charge < -0.3 is 4.74 Å². The number of carbonyl (C=O) groups excluding carboxylic acids is 1. The van der Waals surface area contributed by atoms with Gasteiger partial charge in [-0.1, -0.05) is 68.9 Å². The van der Waals surface area contributed by atoms with E-state index in [0.29, 0.717) is 6.42 Å². The molecular formula is C20H30F2O2. The number of carbonyl (C=O) groups is 1. The molecule has 0 amide bonds. The number of esters is 1. The predicted molar refractivity (Wildman–Crippen MR) is 93.3 cm³/mol. The summed E-state index contributed by atoms with van der Waals surface area (Å²) in [5.74, 6) is -4.71. The van der Waals surface area contributed by atoms with Crippen molar-refractivity contribution in [2.24, 2.45) is 0 Å². The summed E-state index contributed by atoms with van der Waals surface area (Å²) in [7, 11) is 0. The van der Waals surface area contributed by atoms with Gasteiger partial charge in [-0.2, -0.15) is 8.78 Å². The third-order valence-electron chi connectivity index (χ3n) is 4.12. The Hall–Kier alpha value is -1.45. The van der Waals surface area contributed by atoms with Crippen LogP contribution in [0.1, 0.15) is 70.3 Å². The zero-order chi connectivity index (χ0) is 17.7. The lowest BCUT2D eigenvalue weighted by atomic mass is 10.0. The third-order valence-corrected chi connectivity index (χ3v) is 4.12. The minimum absolute atomic E-state index is 0.00129. The Balaban J connectivity index is 1.92. The molecule has 0 aliphatic rings. The van der Waals surface area contributed by atoms with Gasteiger partial charge in [-0.15, -0.1) is 0 Å². The van der Waals surface area contributed by atoms with Crippen LogP contribution >= 0.6 is 0 Å². The van der Waals surface area contributed by atoms with Crippen molar-refractivity contribution in [2.75, 3.05) is 6.61 Å². The van der Waals surface area contributed by atoms with E-state index in [1.54, 1.807) is 0 Å². The van der Waals surface area contributed by atoms with E-state index in [2.05, 4.69) is 29.0 Å². The molecule has 24 heavy (non-hydrogen) atoms. The molecule has 0 bridgehead atoms. The van der Waals surface area contributed by atoms with Gasteiger partial charge >= 0.3 is 11.9 Å². The van der Waals surface area contributed by atoms with Gasteiger partial charge in [0.05, 0.1) is 6.61 Å². The minimum atomic E-state index is -3.33. The van der Waals surface area contributed by atoms with Crippen molar-refractivity contribution < 1.29 is 18.3 Å². The predicted octanol–water partition coefficient (Wildman–Crippen LogP) is 5.94. The highest BCUT2D eigenvalue weighted by Crippen LogP contribution is 2.24. The van der Waals surface area contributed by atoms with E-state index in [0.717, 1.165) is 32.1 Å². The minimum Gasteiger partial charge on any atom is -0.462 e. The van der Waals surface area contributed by atoms with Crippen LogP contribution in [0, 0.1) is 0 Å². The Bertz CT molecular complexity index is 446. The quantitative estimate of drug-likeness (QED) is 0.328. The summed E-state index contributed by atoms with van der Waals surface area (Å²) >= 11 is 0. The van der Waals surface area contributed by atoms with Crippen LogP contribution in [0.3, 0.4) is 0 Å². The van der Waals surface area contributed by atoms with E-state index >= 15 is 0 Å². The molecule has 1 aromatic carbocycles. The van der Waals surface area contributed by atoms with Gasteiger partial charge in [0.25, 0.3) is 0 Å². The SMILES string of the molecule is CCOC(=O)C(F)(F)CCCCCCCCCCc1ccccc1. The molecule has 0 saturated heterocycles. The Morgan fingerprint density at radius 2 is 1.46 bits per heavy atom. The Morgan fingerprint density at radius 3 is 2.04 bits per heavy atom. The number of aryl methyl sites for hydroxylation is 1. The molecule has 0 unspecified atom stereocenters. The molecule has 0 aromatic heterocycles. The molecule has 0 aliphatic heterocycles. The first-order valence-electron chi connectivity index (χ1n) is 9.15. The van der Waals surface area contributed by atoms with Crippen molar-refractivity contribution >= 4 is 5.97 Å². The van der Waals surface area contributed by atoms with Crippen LogP contribution in [0.2, 0.25) is 0 Å². The van der Waals surface area contributed by atoms with Crippen LogP contribution in [-0.4, -0.2) is 18.5 Å². The number of alkyl halides is 2. The topological polar surface area (TPSA) is 26.3 Å². The Labute approximate surface area is 144 Å². The van der Waals surface area contributed by atoms with Crippen LogP contribution in [0.25, 0.3) is 0 Å². The van der Waals surface area contributed by atoms with Crippen molar-refractivity contribution in [3.8, 4) is 0 Å². The summed E-state index contributed by atoms with van der Waals surface area (Å²) in [6.45, 7) is 1.53. The molecule has 136 valence electrons. The van der Waals surface area contributed by atoms with Crippen molar-refractivity contribution in [3.05, 3.63) is 35.9 Å². The maximum Gasteiger partial charge on any atom is 0.376 e. The summed E-state index contributed by atoms with van der Waals surface area (Å²) < 4.78 is 31.2. The summed E-state index contributed by atoms with van der Waals surface area (Å²) in [5.41, 5.74) is 1.39. The molecule has 4 heteroatoms. The van der Waals surface area contributed by atoms with E-state index in [-0.39, 0.29) is 6.61 Å². The van der Waals surface area contributed by atoms with E-state index in [1.807, 2.05) is 6.07 Å². The fourth-order valence-electron chi connectivity index (χ4n) is 2.72. The van der Waals surface area contributed by atoms with Gasteiger partial charge in [-0.05, 0) is 31.7 Å².